The Balaban J connectivity index is 1.39. The average Bonchev–Trinajstić information content (AvgIpc) is 3.14. The summed E-state index contributed by atoms with van der Waals surface area (Å²) in [4.78, 5) is 31.1. The van der Waals surface area contributed by atoms with Gasteiger partial charge >= 0.3 is 0 Å². The monoisotopic (exact) mass is 395 g/mol. The van der Waals surface area contributed by atoms with Crippen LogP contribution in [0.4, 0.5) is 4.39 Å². The van der Waals surface area contributed by atoms with E-state index in [1.54, 1.807) is 18.2 Å². The molecule has 150 valence electrons. The van der Waals surface area contributed by atoms with E-state index in [0.29, 0.717) is 18.7 Å². The number of carbonyl (C=O) groups is 2. The third kappa shape index (κ3) is 4.43. The molecule has 2 amide bonds. The minimum Gasteiger partial charge on any atom is -0.353 e. The second-order valence-electron chi connectivity index (χ2n) is 7.05. The van der Waals surface area contributed by atoms with Crippen molar-refractivity contribution in [2.45, 2.75) is 25.6 Å². The Kier molecular flexibility index (Phi) is 5.53. The van der Waals surface area contributed by atoms with Crippen molar-refractivity contribution in [1.29, 1.82) is 0 Å². The maximum Gasteiger partial charge on any atom is 0.237 e. The average molecular weight is 395 g/mol. The molecule has 1 aromatic carbocycles. The van der Waals surface area contributed by atoms with E-state index in [4.69, 9.17) is 0 Å². The van der Waals surface area contributed by atoms with Gasteiger partial charge in [0.25, 0.3) is 0 Å². The van der Waals surface area contributed by atoms with E-state index in [2.05, 4.69) is 15.6 Å². The molecule has 0 aliphatic carbocycles. The van der Waals surface area contributed by atoms with E-state index >= 15 is 0 Å². The van der Waals surface area contributed by atoms with Crippen LogP contribution in [0.5, 0.6) is 0 Å². The van der Waals surface area contributed by atoms with Gasteiger partial charge < -0.3 is 15.0 Å². The Morgan fingerprint density at radius 1 is 1.24 bits per heavy atom. The molecule has 1 atom stereocenters. The van der Waals surface area contributed by atoms with Gasteiger partial charge in [0.15, 0.2) is 0 Å². The van der Waals surface area contributed by atoms with Gasteiger partial charge in [-0.2, -0.15) is 0 Å². The number of piperazine rings is 1. The third-order valence-electron chi connectivity index (χ3n) is 5.03. The number of pyridine rings is 1. The normalized spacial score (nSPS) is 17.3. The number of benzene rings is 1. The first-order chi connectivity index (χ1) is 14.1. The zero-order valence-electron chi connectivity index (χ0n) is 15.8. The Bertz CT molecular complexity index is 1000. The van der Waals surface area contributed by atoms with Crippen molar-refractivity contribution in [2.24, 2.45) is 0 Å². The topological polar surface area (TPSA) is 78.7 Å². The number of amides is 2. The molecule has 8 heteroatoms. The lowest BCUT2D eigenvalue weighted by atomic mass is 10.1. The highest BCUT2D eigenvalue weighted by Gasteiger charge is 2.31. The first-order valence-electron chi connectivity index (χ1n) is 9.54. The molecule has 3 heterocycles. The first kappa shape index (κ1) is 19.1. The van der Waals surface area contributed by atoms with Crippen molar-refractivity contribution in [1.82, 2.24) is 24.9 Å². The van der Waals surface area contributed by atoms with Gasteiger partial charge in [-0.15, -0.1) is 0 Å². The summed E-state index contributed by atoms with van der Waals surface area (Å²) in [5, 5.41) is 5.62. The van der Waals surface area contributed by atoms with Crippen LogP contribution in [0.1, 0.15) is 17.7 Å². The van der Waals surface area contributed by atoms with Gasteiger partial charge in [-0.05, 0) is 18.2 Å². The van der Waals surface area contributed by atoms with Crippen molar-refractivity contribution < 1.29 is 14.0 Å². The Hall–Kier alpha value is -3.26. The lowest BCUT2D eigenvalue weighted by Crippen LogP contribution is -2.56. The van der Waals surface area contributed by atoms with Crippen molar-refractivity contribution in [3.8, 4) is 0 Å². The zero-order valence-corrected chi connectivity index (χ0v) is 15.8. The first-order valence-corrected chi connectivity index (χ1v) is 9.54. The van der Waals surface area contributed by atoms with Crippen LogP contribution in [0.3, 0.4) is 0 Å². The molecule has 0 spiro atoms. The number of hydrogen-bond acceptors (Lipinski definition) is 4. The summed E-state index contributed by atoms with van der Waals surface area (Å²) in [5.41, 5.74) is 2.05. The molecule has 29 heavy (non-hydrogen) atoms. The predicted octanol–water partition coefficient (Wildman–Crippen LogP) is 1.48. The van der Waals surface area contributed by atoms with Gasteiger partial charge in [0.05, 0.1) is 24.7 Å². The highest BCUT2D eigenvalue weighted by atomic mass is 19.1. The van der Waals surface area contributed by atoms with Gasteiger partial charge in [0.1, 0.15) is 11.5 Å². The van der Waals surface area contributed by atoms with Crippen LogP contribution in [0.25, 0.3) is 5.65 Å². The van der Waals surface area contributed by atoms with E-state index in [9.17, 15) is 14.0 Å². The molecular formula is C21H22FN5O2. The summed E-state index contributed by atoms with van der Waals surface area (Å²) in [5.74, 6) is -0.772. The molecule has 3 aromatic rings. The van der Waals surface area contributed by atoms with Crippen molar-refractivity contribution in [3.05, 3.63) is 71.9 Å². The molecule has 1 saturated heterocycles. The largest absolute Gasteiger partial charge is 0.353 e. The number of hydrogen-bond donors (Lipinski definition) is 2. The Morgan fingerprint density at radius 3 is 2.90 bits per heavy atom. The molecule has 1 aliphatic heterocycles. The molecule has 2 aromatic heterocycles. The van der Waals surface area contributed by atoms with Gasteiger partial charge in [-0.3, -0.25) is 14.5 Å². The van der Waals surface area contributed by atoms with Crippen molar-refractivity contribution in [3.63, 3.8) is 0 Å². The molecule has 7 nitrogen and oxygen atoms in total. The van der Waals surface area contributed by atoms with E-state index < -0.39 is 6.04 Å². The summed E-state index contributed by atoms with van der Waals surface area (Å²) < 4.78 is 15.9. The fraction of sp³-hybridized carbons (Fsp3) is 0.286. The third-order valence-corrected chi connectivity index (χ3v) is 5.03. The second-order valence-corrected chi connectivity index (χ2v) is 7.05. The van der Waals surface area contributed by atoms with Crippen LogP contribution in [-0.4, -0.2) is 45.2 Å². The quantitative estimate of drug-likeness (QED) is 0.663. The zero-order chi connectivity index (χ0) is 20.2. The molecule has 2 N–H and O–H groups in total. The standard InChI is InChI=1S/C21H22FN5O2/c22-17-6-2-1-5-15(17)13-26-10-8-23-21(29)18(26)11-20(28)24-12-16-14-27-9-4-3-7-19(27)25-16/h1-7,9,14,18H,8,10-13H2,(H,23,29)(H,24,28)/t18-/m0/s1. The van der Waals surface area contributed by atoms with E-state index in [0.717, 1.165) is 11.3 Å². The number of nitrogens with zero attached hydrogens (tertiary/aromatic N) is 3. The smallest absolute Gasteiger partial charge is 0.237 e. The number of rotatable bonds is 6. The van der Waals surface area contributed by atoms with Gasteiger partial charge in [-0.1, -0.05) is 24.3 Å². The maximum atomic E-state index is 14.0. The predicted molar refractivity (Wildman–Crippen MR) is 105 cm³/mol. The highest BCUT2D eigenvalue weighted by molar-refractivity contribution is 5.88. The number of fused-ring (bicyclic) bond motifs is 1. The summed E-state index contributed by atoms with van der Waals surface area (Å²) in [6, 6.07) is 11.5. The minimum atomic E-state index is -0.635. The summed E-state index contributed by atoms with van der Waals surface area (Å²) in [6.45, 7) is 1.60. The summed E-state index contributed by atoms with van der Waals surface area (Å²) >= 11 is 0. The number of carbonyl (C=O) groups excluding carboxylic acids is 2. The minimum absolute atomic E-state index is 0.00760. The highest BCUT2D eigenvalue weighted by Crippen LogP contribution is 2.16. The van der Waals surface area contributed by atoms with Gasteiger partial charge in [-0.25, -0.2) is 9.37 Å². The van der Waals surface area contributed by atoms with Crippen LogP contribution in [0.15, 0.2) is 54.9 Å². The lowest BCUT2D eigenvalue weighted by Gasteiger charge is -2.34. The summed E-state index contributed by atoms with van der Waals surface area (Å²) in [7, 11) is 0. The number of nitrogens with one attached hydrogen (secondary N) is 2. The van der Waals surface area contributed by atoms with Crippen LogP contribution in [0, 0.1) is 5.82 Å². The van der Waals surface area contributed by atoms with Crippen LogP contribution in [0.2, 0.25) is 0 Å². The van der Waals surface area contributed by atoms with Crippen LogP contribution < -0.4 is 10.6 Å². The number of halogens is 1. The molecule has 0 bridgehead atoms. The van der Waals surface area contributed by atoms with Crippen molar-refractivity contribution >= 4 is 17.5 Å². The fourth-order valence-corrected chi connectivity index (χ4v) is 3.53. The molecule has 1 aliphatic rings. The molecule has 0 saturated carbocycles. The van der Waals surface area contributed by atoms with Gasteiger partial charge in [0.2, 0.25) is 11.8 Å². The molecule has 1 fully saturated rings. The Morgan fingerprint density at radius 2 is 2.07 bits per heavy atom. The molecule has 4 rings (SSSR count). The van der Waals surface area contributed by atoms with Crippen molar-refractivity contribution in [2.75, 3.05) is 13.1 Å². The second kappa shape index (κ2) is 8.40. The van der Waals surface area contributed by atoms with Crippen LogP contribution in [-0.2, 0) is 22.7 Å². The fourth-order valence-electron chi connectivity index (χ4n) is 3.53. The maximum absolute atomic E-state index is 14.0. The van der Waals surface area contributed by atoms with E-state index in [1.807, 2.05) is 39.9 Å². The number of imidazole rings is 1. The molecular weight excluding hydrogens is 373 g/mol. The van der Waals surface area contributed by atoms with Crippen LogP contribution >= 0.6 is 0 Å². The molecule has 0 radical (unpaired) electrons. The SMILES string of the molecule is O=C(C[C@H]1C(=O)NCCN1Cc1ccccc1F)NCc1cn2ccccc2n1. The number of aromatic nitrogens is 2. The van der Waals surface area contributed by atoms with E-state index in [-0.39, 0.29) is 37.1 Å². The van der Waals surface area contributed by atoms with Gasteiger partial charge in [0, 0.05) is 37.6 Å². The summed E-state index contributed by atoms with van der Waals surface area (Å²) in [6.07, 6.45) is 3.75. The van der Waals surface area contributed by atoms with E-state index in [1.165, 1.54) is 6.07 Å². The Labute approximate surface area is 167 Å². The molecule has 0 unspecified atom stereocenters. The lowest BCUT2D eigenvalue weighted by molar-refractivity contribution is -0.134.